The van der Waals surface area contributed by atoms with E-state index in [0.717, 1.165) is 11.3 Å². The Morgan fingerprint density at radius 1 is 1.24 bits per heavy atom. The molecular formula is C12H20N2O2S. The van der Waals surface area contributed by atoms with E-state index in [9.17, 15) is 8.42 Å². The maximum atomic E-state index is 11.5. The summed E-state index contributed by atoms with van der Waals surface area (Å²) in [6.45, 7) is 1.64. The fourth-order valence-electron chi connectivity index (χ4n) is 1.51. The van der Waals surface area contributed by atoms with Gasteiger partial charge in [0.1, 0.15) is 0 Å². The average molecular weight is 256 g/mol. The summed E-state index contributed by atoms with van der Waals surface area (Å²) in [5.74, 6) is 0.140. The summed E-state index contributed by atoms with van der Waals surface area (Å²) in [5, 5.41) is 0. The van der Waals surface area contributed by atoms with Crippen LogP contribution < -0.4 is 10.6 Å². The van der Waals surface area contributed by atoms with Gasteiger partial charge in [0.25, 0.3) is 0 Å². The first-order chi connectivity index (χ1) is 7.85. The van der Waals surface area contributed by atoms with Gasteiger partial charge in [-0.1, -0.05) is 19.1 Å². The van der Waals surface area contributed by atoms with Crippen molar-refractivity contribution in [1.29, 1.82) is 0 Å². The van der Waals surface area contributed by atoms with Gasteiger partial charge in [0.15, 0.2) is 9.84 Å². The summed E-state index contributed by atoms with van der Waals surface area (Å²) in [5.41, 5.74) is 7.81. The van der Waals surface area contributed by atoms with E-state index in [1.165, 1.54) is 0 Å². The molecule has 1 aromatic rings. The highest BCUT2D eigenvalue weighted by Gasteiger charge is 2.15. The Morgan fingerprint density at radius 2 is 1.76 bits per heavy atom. The number of nitrogens with two attached hydrogens (primary N) is 1. The van der Waals surface area contributed by atoms with Crippen LogP contribution in [0.15, 0.2) is 24.3 Å². The third-order valence-electron chi connectivity index (χ3n) is 2.71. The van der Waals surface area contributed by atoms with E-state index in [1.54, 1.807) is 6.92 Å². The standard InChI is InChI=1S/C12H20N2O2S/c1-4-17(15,16)9-12(13)10-5-7-11(8-6-10)14(2)3/h5-8,12H,4,9,13H2,1-3H3. The zero-order chi connectivity index (χ0) is 13.1. The zero-order valence-corrected chi connectivity index (χ0v) is 11.4. The molecule has 17 heavy (non-hydrogen) atoms. The first-order valence-electron chi connectivity index (χ1n) is 5.59. The summed E-state index contributed by atoms with van der Waals surface area (Å²) in [6, 6.07) is 7.19. The van der Waals surface area contributed by atoms with Gasteiger partial charge in [-0.3, -0.25) is 0 Å². The molecule has 0 radical (unpaired) electrons. The summed E-state index contributed by atoms with van der Waals surface area (Å²) in [6.07, 6.45) is 0. The Labute approximate surface area is 103 Å². The van der Waals surface area contributed by atoms with Crippen LogP contribution in [0.2, 0.25) is 0 Å². The van der Waals surface area contributed by atoms with E-state index in [2.05, 4.69) is 0 Å². The number of rotatable bonds is 5. The predicted molar refractivity (Wildman–Crippen MR) is 72.0 cm³/mol. The van der Waals surface area contributed by atoms with Crippen molar-refractivity contribution in [3.8, 4) is 0 Å². The Balaban J connectivity index is 2.80. The summed E-state index contributed by atoms with van der Waals surface area (Å²) >= 11 is 0. The Kier molecular flexibility index (Phi) is 4.54. The van der Waals surface area contributed by atoms with Crippen LogP contribution in [0.4, 0.5) is 5.69 Å². The second kappa shape index (κ2) is 5.51. The molecule has 96 valence electrons. The molecule has 0 heterocycles. The van der Waals surface area contributed by atoms with E-state index < -0.39 is 15.9 Å². The number of hydrogen-bond donors (Lipinski definition) is 1. The van der Waals surface area contributed by atoms with E-state index >= 15 is 0 Å². The van der Waals surface area contributed by atoms with Crippen molar-refractivity contribution >= 4 is 15.5 Å². The number of hydrogen-bond acceptors (Lipinski definition) is 4. The van der Waals surface area contributed by atoms with Crippen LogP contribution in [0, 0.1) is 0 Å². The quantitative estimate of drug-likeness (QED) is 0.859. The normalized spacial score (nSPS) is 13.4. The van der Waals surface area contributed by atoms with Crippen LogP contribution in [0.3, 0.4) is 0 Å². The van der Waals surface area contributed by atoms with Gasteiger partial charge >= 0.3 is 0 Å². The lowest BCUT2D eigenvalue weighted by molar-refractivity contribution is 0.590. The molecule has 0 amide bonds. The fourth-order valence-corrected chi connectivity index (χ4v) is 2.48. The summed E-state index contributed by atoms with van der Waals surface area (Å²) in [7, 11) is 0.881. The molecule has 0 bridgehead atoms. The number of benzene rings is 1. The highest BCUT2D eigenvalue weighted by Crippen LogP contribution is 2.17. The van der Waals surface area contributed by atoms with Crippen LogP contribution in [0.25, 0.3) is 0 Å². The lowest BCUT2D eigenvalue weighted by atomic mass is 10.1. The van der Waals surface area contributed by atoms with Gasteiger partial charge in [-0.05, 0) is 17.7 Å². The van der Waals surface area contributed by atoms with Crippen molar-refractivity contribution in [3.05, 3.63) is 29.8 Å². The van der Waals surface area contributed by atoms with Gasteiger partial charge < -0.3 is 10.6 Å². The third kappa shape index (κ3) is 4.02. The van der Waals surface area contributed by atoms with Crippen LogP contribution in [-0.4, -0.2) is 34.0 Å². The highest BCUT2D eigenvalue weighted by molar-refractivity contribution is 7.91. The van der Waals surface area contributed by atoms with Gasteiger partial charge in [0, 0.05) is 31.6 Å². The second-order valence-electron chi connectivity index (χ2n) is 4.29. The summed E-state index contributed by atoms with van der Waals surface area (Å²) in [4.78, 5) is 1.98. The Bertz CT molecular complexity index is 452. The lowest BCUT2D eigenvalue weighted by Crippen LogP contribution is -2.22. The minimum Gasteiger partial charge on any atom is -0.378 e. The van der Waals surface area contributed by atoms with Gasteiger partial charge in [0.2, 0.25) is 0 Å². The van der Waals surface area contributed by atoms with Gasteiger partial charge in [0.05, 0.1) is 5.75 Å². The zero-order valence-electron chi connectivity index (χ0n) is 10.6. The van der Waals surface area contributed by atoms with Crippen molar-refractivity contribution in [1.82, 2.24) is 0 Å². The summed E-state index contributed by atoms with van der Waals surface area (Å²) < 4.78 is 22.9. The van der Waals surface area contributed by atoms with E-state index in [1.807, 2.05) is 43.3 Å². The van der Waals surface area contributed by atoms with E-state index in [4.69, 9.17) is 5.73 Å². The molecule has 1 rings (SSSR count). The second-order valence-corrected chi connectivity index (χ2v) is 6.69. The van der Waals surface area contributed by atoms with Crippen molar-refractivity contribution in [2.24, 2.45) is 5.73 Å². The molecule has 0 saturated carbocycles. The average Bonchev–Trinajstić information content (AvgIpc) is 2.28. The molecule has 5 heteroatoms. The van der Waals surface area contributed by atoms with Gasteiger partial charge in [-0.15, -0.1) is 0 Å². The van der Waals surface area contributed by atoms with Crippen LogP contribution in [0.5, 0.6) is 0 Å². The molecule has 4 nitrogen and oxygen atoms in total. The minimum absolute atomic E-state index is 0.00477. The SMILES string of the molecule is CCS(=O)(=O)CC(N)c1ccc(N(C)C)cc1. The maximum Gasteiger partial charge on any atom is 0.151 e. The van der Waals surface area contributed by atoms with E-state index in [0.29, 0.717) is 0 Å². The third-order valence-corrected chi connectivity index (χ3v) is 4.46. The number of anilines is 1. The predicted octanol–water partition coefficient (Wildman–Crippen LogP) is 1.19. The molecule has 0 fully saturated rings. The first kappa shape index (κ1) is 14.0. The molecule has 0 aliphatic rings. The lowest BCUT2D eigenvalue weighted by Gasteiger charge is -2.15. The topological polar surface area (TPSA) is 63.4 Å². The molecule has 0 spiro atoms. The fraction of sp³-hybridized carbons (Fsp3) is 0.500. The smallest absolute Gasteiger partial charge is 0.151 e. The van der Waals surface area contributed by atoms with Crippen molar-refractivity contribution < 1.29 is 8.42 Å². The Morgan fingerprint density at radius 3 is 2.18 bits per heavy atom. The molecule has 2 N–H and O–H groups in total. The molecule has 0 saturated heterocycles. The maximum absolute atomic E-state index is 11.5. The Hall–Kier alpha value is -1.07. The van der Waals surface area contributed by atoms with Crippen LogP contribution in [-0.2, 0) is 9.84 Å². The largest absolute Gasteiger partial charge is 0.378 e. The van der Waals surface area contributed by atoms with Crippen LogP contribution in [0.1, 0.15) is 18.5 Å². The van der Waals surface area contributed by atoms with Crippen LogP contribution >= 0.6 is 0 Å². The monoisotopic (exact) mass is 256 g/mol. The molecule has 1 atom stereocenters. The van der Waals surface area contributed by atoms with Crippen molar-refractivity contribution in [2.45, 2.75) is 13.0 Å². The van der Waals surface area contributed by atoms with Crippen molar-refractivity contribution in [3.63, 3.8) is 0 Å². The van der Waals surface area contributed by atoms with Gasteiger partial charge in [-0.2, -0.15) is 0 Å². The van der Waals surface area contributed by atoms with E-state index in [-0.39, 0.29) is 11.5 Å². The molecule has 1 aromatic carbocycles. The molecule has 0 aliphatic heterocycles. The molecular weight excluding hydrogens is 236 g/mol. The first-order valence-corrected chi connectivity index (χ1v) is 7.41. The number of nitrogens with zero attached hydrogens (tertiary/aromatic N) is 1. The van der Waals surface area contributed by atoms with Gasteiger partial charge in [-0.25, -0.2) is 8.42 Å². The minimum atomic E-state index is -3.03. The molecule has 0 aliphatic carbocycles. The highest BCUT2D eigenvalue weighted by atomic mass is 32.2. The van der Waals surface area contributed by atoms with Crippen molar-refractivity contribution in [2.75, 3.05) is 30.5 Å². The molecule has 1 unspecified atom stereocenters. The molecule has 0 aromatic heterocycles. The number of sulfone groups is 1.